The zero-order valence-electron chi connectivity index (χ0n) is 12.0. The topological polar surface area (TPSA) is 79.1 Å². The van der Waals surface area contributed by atoms with E-state index in [4.69, 9.17) is 33.0 Å². The number of aliphatic carboxylic acids is 1. The summed E-state index contributed by atoms with van der Waals surface area (Å²) in [5, 5.41) is 22.0. The molecule has 0 aliphatic carbocycles. The second-order valence-corrected chi connectivity index (χ2v) is 5.92. The Kier molecular flexibility index (Phi) is 4.34. The van der Waals surface area contributed by atoms with E-state index in [-0.39, 0.29) is 27.9 Å². The number of fused-ring (bicyclic) bond motifs is 1. The maximum absolute atomic E-state index is 13.1. The lowest BCUT2D eigenvalue weighted by Crippen LogP contribution is -2.24. The Morgan fingerprint density at radius 1 is 1.29 bits per heavy atom. The highest BCUT2D eigenvalue weighted by molar-refractivity contribution is 6.39. The smallest absolute Gasteiger partial charge is 0.345 e. The van der Waals surface area contributed by atoms with E-state index in [2.05, 4.69) is 5.16 Å². The Morgan fingerprint density at radius 2 is 1.96 bits per heavy atom. The summed E-state index contributed by atoms with van der Waals surface area (Å²) in [6.07, 6.45) is -1.04. The fourth-order valence-corrected chi connectivity index (χ4v) is 3.10. The van der Waals surface area contributed by atoms with Gasteiger partial charge in [-0.3, -0.25) is 0 Å². The quantitative estimate of drug-likeness (QED) is 0.490. The molecule has 0 saturated heterocycles. The molecule has 5 nitrogen and oxygen atoms in total. The van der Waals surface area contributed by atoms with Crippen LogP contribution in [0.15, 0.2) is 35.5 Å². The van der Waals surface area contributed by atoms with Gasteiger partial charge in [0.25, 0.3) is 0 Å². The van der Waals surface area contributed by atoms with Crippen molar-refractivity contribution in [2.24, 2.45) is 5.16 Å². The van der Waals surface area contributed by atoms with Crippen molar-refractivity contribution in [2.75, 3.05) is 0 Å². The van der Waals surface area contributed by atoms with Gasteiger partial charge in [-0.15, -0.1) is 0 Å². The Hall–Kier alpha value is -2.31. The van der Waals surface area contributed by atoms with Crippen LogP contribution >= 0.6 is 23.2 Å². The predicted octanol–water partition coefficient (Wildman–Crippen LogP) is 3.75. The summed E-state index contributed by atoms with van der Waals surface area (Å²) in [4.78, 5) is 11.1. The molecule has 0 spiro atoms. The number of ether oxygens (including phenoxy) is 1. The summed E-state index contributed by atoms with van der Waals surface area (Å²) in [5.41, 5.74) is 1.23. The molecule has 8 heteroatoms. The van der Waals surface area contributed by atoms with Crippen LogP contribution in [0, 0.1) is 5.82 Å². The fourth-order valence-electron chi connectivity index (χ4n) is 2.53. The van der Waals surface area contributed by atoms with Gasteiger partial charge in [0.15, 0.2) is 6.10 Å². The van der Waals surface area contributed by atoms with Gasteiger partial charge >= 0.3 is 5.97 Å². The number of rotatable bonds is 3. The fraction of sp³-hybridized carbons (Fsp3) is 0.125. The van der Waals surface area contributed by atoms with E-state index < -0.39 is 17.9 Å². The molecule has 0 amide bonds. The first kappa shape index (κ1) is 16.5. The number of carboxylic acids is 1. The molecule has 0 bridgehead atoms. The lowest BCUT2D eigenvalue weighted by Gasteiger charge is -2.11. The summed E-state index contributed by atoms with van der Waals surface area (Å²) in [6.45, 7) is 0. The number of hydrogen-bond acceptors (Lipinski definition) is 4. The lowest BCUT2D eigenvalue weighted by atomic mass is 9.98. The van der Waals surface area contributed by atoms with Crippen molar-refractivity contribution in [1.82, 2.24) is 0 Å². The van der Waals surface area contributed by atoms with Crippen LogP contribution in [0.1, 0.15) is 16.7 Å². The van der Waals surface area contributed by atoms with Crippen LogP contribution in [0.3, 0.4) is 0 Å². The summed E-state index contributed by atoms with van der Waals surface area (Å²) < 4.78 is 18.4. The molecule has 1 heterocycles. The average molecular weight is 370 g/mol. The Morgan fingerprint density at radius 3 is 2.54 bits per heavy atom. The summed E-state index contributed by atoms with van der Waals surface area (Å²) >= 11 is 12.5. The molecule has 0 saturated carbocycles. The molecule has 1 aliphatic rings. The largest absolute Gasteiger partial charge is 0.478 e. The third-order valence-corrected chi connectivity index (χ3v) is 4.37. The molecule has 1 aliphatic heterocycles. The standard InChI is InChI=1S/C16H10Cl2FNO4/c17-11-5-9(14(20-23)7-1-3-8(19)4-2-7)13(18)10-6-12(16(21)22)24-15(10)11/h1-5,12,23H,6H2,(H,21,22)/b20-14+. The van der Waals surface area contributed by atoms with E-state index >= 15 is 0 Å². The van der Waals surface area contributed by atoms with Crippen LogP contribution in [-0.2, 0) is 11.2 Å². The van der Waals surface area contributed by atoms with Gasteiger partial charge in [0.05, 0.1) is 10.0 Å². The monoisotopic (exact) mass is 369 g/mol. The number of halogens is 3. The summed E-state index contributed by atoms with van der Waals surface area (Å²) in [5.74, 6) is -1.37. The Labute approximate surface area is 145 Å². The minimum absolute atomic E-state index is 0.0409. The van der Waals surface area contributed by atoms with Crippen molar-refractivity contribution in [3.05, 3.63) is 62.9 Å². The molecular weight excluding hydrogens is 360 g/mol. The molecule has 1 unspecified atom stereocenters. The first-order valence-corrected chi connectivity index (χ1v) is 7.56. The zero-order valence-corrected chi connectivity index (χ0v) is 13.5. The maximum Gasteiger partial charge on any atom is 0.345 e. The molecule has 24 heavy (non-hydrogen) atoms. The molecular formula is C16H10Cl2FNO4. The number of benzene rings is 2. The van der Waals surface area contributed by atoms with Crippen LogP contribution in [0.5, 0.6) is 5.75 Å². The van der Waals surface area contributed by atoms with Gasteiger partial charge in [0.1, 0.15) is 17.3 Å². The molecule has 0 fully saturated rings. The summed E-state index contributed by atoms with van der Waals surface area (Å²) in [6, 6.07) is 6.71. The number of carboxylic acid groups (broad SMARTS) is 1. The highest BCUT2D eigenvalue weighted by Gasteiger charge is 2.34. The SMILES string of the molecule is O=C(O)C1Cc2c(Cl)c(/C(=N/O)c3ccc(F)cc3)cc(Cl)c2O1. The predicted molar refractivity (Wildman–Crippen MR) is 86.0 cm³/mol. The molecule has 124 valence electrons. The zero-order chi connectivity index (χ0) is 17.4. The van der Waals surface area contributed by atoms with Crippen LogP contribution in [0.2, 0.25) is 10.0 Å². The molecule has 0 radical (unpaired) electrons. The second-order valence-electron chi connectivity index (χ2n) is 5.13. The normalized spacial score (nSPS) is 16.6. The van der Waals surface area contributed by atoms with Crippen molar-refractivity contribution in [1.29, 1.82) is 0 Å². The van der Waals surface area contributed by atoms with Crippen LogP contribution in [0.25, 0.3) is 0 Å². The number of hydrogen-bond donors (Lipinski definition) is 2. The van der Waals surface area contributed by atoms with Crippen molar-refractivity contribution in [3.8, 4) is 5.75 Å². The number of carbonyl (C=O) groups is 1. The number of nitrogens with zero attached hydrogens (tertiary/aromatic N) is 1. The molecule has 2 aromatic rings. The Bertz CT molecular complexity index is 852. The average Bonchev–Trinajstić information content (AvgIpc) is 3.01. The second kappa shape index (κ2) is 6.30. The third-order valence-electron chi connectivity index (χ3n) is 3.66. The molecule has 1 atom stereocenters. The van der Waals surface area contributed by atoms with Crippen molar-refractivity contribution >= 4 is 34.9 Å². The highest BCUT2D eigenvalue weighted by atomic mass is 35.5. The lowest BCUT2D eigenvalue weighted by molar-refractivity contribution is -0.144. The van der Waals surface area contributed by atoms with E-state index in [0.29, 0.717) is 16.7 Å². The van der Waals surface area contributed by atoms with E-state index in [1.807, 2.05) is 0 Å². The van der Waals surface area contributed by atoms with Crippen molar-refractivity contribution in [2.45, 2.75) is 12.5 Å². The van der Waals surface area contributed by atoms with Crippen LogP contribution in [0.4, 0.5) is 4.39 Å². The van der Waals surface area contributed by atoms with Gasteiger partial charge in [-0.2, -0.15) is 0 Å². The van der Waals surface area contributed by atoms with Gasteiger partial charge in [0, 0.05) is 23.1 Å². The molecule has 2 N–H and O–H groups in total. The highest BCUT2D eigenvalue weighted by Crippen LogP contribution is 2.43. The van der Waals surface area contributed by atoms with Gasteiger partial charge in [-0.05, 0) is 30.3 Å². The number of oxime groups is 1. The van der Waals surface area contributed by atoms with Gasteiger partial charge in [-0.25, -0.2) is 9.18 Å². The van der Waals surface area contributed by atoms with Gasteiger partial charge in [-0.1, -0.05) is 28.4 Å². The minimum Gasteiger partial charge on any atom is -0.478 e. The van der Waals surface area contributed by atoms with Crippen molar-refractivity contribution < 1.29 is 24.2 Å². The summed E-state index contributed by atoms with van der Waals surface area (Å²) in [7, 11) is 0. The maximum atomic E-state index is 13.1. The van der Waals surface area contributed by atoms with E-state index in [1.165, 1.54) is 30.3 Å². The Balaban J connectivity index is 2.10. The third kappa shape index (κ3) is 2.79. The van der Waals surface area contributed by atoms with E-state index in [1.54, 1.807) is 0 Å². The van der Waals surface area contributed by atoms with E-state index in [0.717, 1.165) is 0 Å². The molecule has 2 aromatic carbocycles. The molecule has 3 rings (SSSR count). The minimum atomic E-state index is -1.13. The van der Waals surface area contributed by atoms with Gasteiger partial charge < -0.3 is 15.1 Å². The van der Waals surface area contributed by atoms with Crippen molar-refractivity contribution in [3.63, 3.8) is 0 Å². The first-order valence-electron chi connectivity index (χ1n) is 6.81. The van der Waals surface area contributed by atoms with E-state index in [9.17, 15) is 14.4 Å². The molecule has 0 aromatic heterocycles. The van der Waals surface area contributed by atoms with Crippen LogP contribution in [-0.4, -0.2) is 28.1 Å². The van der Waals surface area contributed by atoms with Crippen LogP contribution < -0.4 is 4.74 Å². The van der Waals surface area contributed by atoms with Gasteiger partial charge in [0.2, 0.25) is 0 Å². The first-order chi connectivity index (χ1) is 11.4.